The van der Waals surface area contributed by atoms with E-state index in [2.05, 4.69) is 5.32 Å². The number of benzene rings is 1. The Morgan fingerprint density at radius 1 is 1.58 bits per heavy atom. The van der Waals surface area contributed by atoms with E-state index in [0.717, 1.165) is 0 Å². The maximum absolute atomic E-state index is 13.6. The average Bonchev–Trinajstić information content (AvgIpc) is 3.20. The number of halogens is 1. The number of ether oxygens (including phenoxy) is 1. The van der Waals surface area contributed by atoms with Crippen LogP contribution in [0.5, 0.6) is 5.75 Å². The van der Waals surface area contributed by atoms with E-state index in [1.54, 1.807) is 13.0 Å². The Hall–Kier alpha value is -2.09. The number of amides is 1. The van der Waals surface area contributed by atoms with Crippen molar-refractivity contribution in [1.29, 1.82) is 5.26 Å². The van der Waals surface area contributed by atoms with Crippen LogP contribution in [0, 0.1) is 22.6 Å². The van der Waals surface area contributed by atoms with Gasteiger partial charge in [0.05, 0.1) is 12.7 Å². The van der Waals surface area contributed by atoms with Crippen LogP contribution < -0.4 is 10.1 Å². The molecule has 5 heteroatoms. The number of nitriles is 1. The maximum atomic E-state index is 13.6. The van der Waals surface area contributed by atoms with Gasteiger partial charge in [0.25, 0.3) is 0 Å². The van der Waals surface area contributed by atoms with Crippen molar-refractivity contribution >= 4 is 5.91 Å². The second-order valence-corrected chi connectivity index (χ2v) is 4.57. The highest BCUT2D eigenvalue weighted by atomic mass is 19.1. The Balaban J connectivity index is 1.95. The lowest BCUT2D eigenvalue weighted by Crippen LogP contribution is -2.30. The molecule has 1 aliphatic rings. The van der Waals surface area contributed by atoms with Gasteiger partial charge in [-0.1, -0.05) is 6.07 Å². The standard InChI is InChI=1S/C14H15FN2O2/c1-2-19-12-4-3-10(7-11(12)15)8-17-13(18)14(9-16)5-6-14/h3-4,7H,2,5-6,8H2,1H3,(H,17,18). The van der Waals surface area contributed by atoms with Gasteiger partial charge >= 0.3 is 0 Å². The van der Waals surface area contributed by atoms with Crippen LogP contribution >= 0.6 is 0 Å². The molecule has 0 spiro atoms. The summed E-state index contributed by atoms with van der Waals surface area (Å²) in [4.78, 5) is 11.7. The minimum Gasteiger partial charge on any atom is -0.491 e. The summed E-state index contributed by atoms with van der Waals surface area (Å²) in [6, 6.07) is 6.58. The van der Waals surface area contributed by atoms with E-state index in [4.69, 9.17) is 10.00 Å². The minimum absolute atomic E-state index is 0.202. The van der Waals surface area contributed by atoms with Gasteiger partial charge in [-0.3, -0.25) is 4.79 Å². The summed E-state index contributed by atoms with van der Waals surface area (Å²) in [7, 11) is 0. The molecule has 0 aliphatic heterocycles. The number of carbonyl (C=O) groups excluding carboxylic acids is 1. The molecule has 1 aliphatic carbocycles. The normalized spacial score (nSPS) is 15.4. The molecule has 1 amide bonds. The molecule has 0 bridgehead atoms. The van der Waals surface area contributed by atoms with Crippen LogP contribution in [0.15, 0.2) is 18.2 Å². The molecule has 0 unspecified atom stereocenters. The molecule has 0 saturated heterocycles. The maximum Gasteiger partial charge on any atom is 0.240 e. The molecule has 1 fully saturated rings. The first-order valence-electron chi connectivity index (χ1n) is 6.22. The topological polar surface area (TPSA) is 62.1 Å². The van der Waals surface area contributed by atoms with Crippen molar-refractivity contribution < 1.29 is 13.9 Å². The van der Waals surface area contributed by atoms with Gasteiger partial charge in [0.15, 0.2) is 11.6 Å². The monoisotopic (exact) mass is 262 g/mol. The zero-order valence-corrected chi connectivity index (χ0v) is 10.7. The zero-order chi connectivity index (χ0) is 13.9. The van der Waals surface area contributed by atoms with E-state index < -0.39 is 11.2 Å². The molecular weight excluding hydrogens is 247 g/mol. The predicted octanol–water partition coefficient (Wildman–Crippen LogP) is 2.14. The summed E-state index contributed by atoms with van der Waals surface area (Å²) in [5.74, 6) is -0.521. The zero-order valence-electron chi connectivity index (χ0n) is 10.7. The summed E-state index contributed by atoms with van der Waals surface area (Å²) in [6.45, 7) is 2.40. The van der Waals surface area contributed by atoms with Crippen LogP contribution in [0.2, 0.25) is 0 Å². The quantitative estimate of drug-likeness (QED) is 0.884. The molecule has 100 valence electrons. The summed E-state index contributed by atoms with van der Waals surface area (Å²) in [5, 5.41) is 11.5. The second-order valence-electron chi connectivity index (χ2n) is 4.57. The van der Waals surface area contributed by atoms with Crippen LogP contribution in [0.25, 0.3) is 0 Å². The molecule has 1 aromatic carbocycles. The van der Waals surface area contributed by atoms with Gasteiger partial charge < -0.3 is 10.1 Å². The van der Waals surface area contributed by atoms with Gasteiger partial charge in [0.2, 0.25) is 5.91 Å². The molecule has 0 radical (unpaired) electrons. The van der Waals surface area contributed by atoms with E-state index in [1.807, 2.05) is 6.07 Å². The highest BCUT2D eigenvalue weighted by Crippen LogP contribution is 2.45. The van der Waals surface area contributed by atoms with Crippen molar-refractivity contribution in [3.05, 3.63) is 29.6 Å². The third-order valence-electron chi connectivity index (χ3n) is 3.15. The lowest BCUT2D eigenvalue weighted by atomic mass is 10.1. The summed E-state index contributed by atoms with van der Waals surface area (Å²) in [6.07, 6.45) is 1.21. The Bertz CT molecular complexity index is 533. The Labute approximate surface area is 111 Å². The average molecular weight is 262 g/mol. The van der Waals surface area contributed by atoms with Crippen LogP contribution in [-0.4, -0.2) is 12.5 Å². The fourth-order valence-electron chi connectivity index (χ4n) is 1.79. The van der Waals surface area contributed by atoms with Crippen molar-refractivity contribution in [3.63, 3.8) is 0 Å². The SMILES string of the molecule is CCOc1ccc(CNC(=O)C2(C#N)CC2)cc1F. The lowest BCUT2D eigenvalue weighted by molar-refractivity contribution is -0.124. The van der Waals surface area contributed by atoms with Crippen molar-refractivity contribution in [2.24, 2.45) is 5.41 Å². The van der Waals surface area contributed by atoms with Crippen molar-refractivity contribution in [2.45, 2.75) is 26.3 Å². The summed E-state index contributed by atoms with van der Waals surface area (Å²) >= 11 is 0. The number of hydrogen-bond donors (Lipinski definition) is 1. The van der Waals surface area contributed by atoms with E-state index in [0.29, 0.717) is 25.0 Å². The molecule has 0 atom stereocenters. The van der Waals surface area contributed by atoms with Crippen LogP contribution in [-0.2, 0) is 11.3 Å². The van der Waals surface area contributed by atoms with Crippen molar-refractivity contribution in [2.75, 3.05) is 6.61 Å². The van der Waals surface area contributed by atoms with Crippen molar-refractivity contribution in [3.8, 4) is 11.8 Å². The van der Waals surface area contributed by atoms with Gasteiger partial charge in [0.1, 0.15) is 5.41 Å². The van der Waals surface area contributed by atoms with Crippen LogP contribution in [0.4, 0.5) is 4.39 Å². The first-order chi connectivity index (χ1) is 9.11. The first-order valence-corrected chi connectivity index (χ1v) is 6.22. The number of hydrogen-bond acceptors (Lipinski definition) is 3. The van der Waals surface area contributed by atoms with E-state index in [-0.39, 0.29) is 18.2 Å². The van der Waals surface area contributed by atoms with Gasteiger partial charge in [-0.2, -0.15) is 5.26 Å². The molecule has 1 saturated carbocycles. The fourth-order valence-corrected chi connectivity index (χ4v) is 1.79. The molecule has 1 N–H and O–H groups in total. The third kappa shape index (κ3) is 2.84. The van der Waals surface area contributed by atoms with Gasteiger partial charge in [-0.25, -0.2) is 4.39 Å². The highest BCUT2D eigenvalue weighted by Gasteiger charge is 2.50. The van der Waals surface area contributed by atoms with Crippen molar-refractivity contribution in [1.82, 2.24) is 5.32 Å². The van der Waals surface area contributed by atoms with E-state index >= 15 is 0 Å². The van der Waals surface area contributed by atoms with Gasteiger partial charge in [-0.15, -0.1) is 0 Å². The molecular formula is C14H15FN2O2. The number of nitrogens with one attached hydrogen (secondary N) is 1. The highest BCUT2D eigenvalue weighted by molar-refractivity contribution is 5.88. The summed E-state index contributed by atoms with van der Waals surface area (Å²) < 4.78 is 18.7. The minimum atomic E-state index is -0.843. The predicted molar refractivity (Wildman–Crippen MR) is 66.7 cm³/mol. The largest absolute Gasteiger partial charge is 0.491 e. The number of carbonyl (C=O) groups is 1. The number of nitrogens with zero attached hydrogens (tertiary/aromatic N) is 1. The Morgan fingerprint density at radius 3 is 2.84 bits per heavy atom. The van der Waals surface area contributed by atoms with Crippen LogP contribution in [0.1, 0.15) is 25.3 Å². The number of rotatable bonds is 5. The van der Waals surface area contributed by atoms with Gasteiger partial charge in [0, 0.05) is 6.54 Å². The fraction of sp³-hybridized carbons (Fsp3) is 0.429. The molecule has 0 heterocycles. The molecule has 4 nitrogen and oxygen atoms in total. The third-order valence-corrected chi connectivity index (χ3v) is 3.15. The smallest absolute Gasteiger partial charge is 0.240 e. The molecule has 0 aromatic heterocycles. The Kier molecular flexibility index (Phi) is 3.70. The summed E-state index contributed by atoms with van der Waals surface area (Å²) in [5.41, 5.74) is -0.202. The Morgan fingerprint density at radius 2 is 2.32 bits per heavy atom. The second kappa shape index (κ2) is 5.27. The molecule has 19 heavy (non-hydrogen) atoms. The van der Waals surface area contributed by atoms with Gasteiger partial charge in [-0.05, 0) is 37.5 Å². The first kappa shape index (κ1) is 13.3. The molecule has 1 aromatic rings. The molecule has 2 rings (SSSR count). The van der Waals surface area contributed by atoms with E-state index in [1.165, 1.54) is 12.1 Å². The lowest BCUT2D eigenvalue weighted by Gasteiger charge is -2.10. The van der Waals surface area contributed by atoms with Crippen LogP contribution in [0.3, 0.4) is 0 Å². The van der Waals surface area contributed by atoms with E-state index in [9.17, 15) is 9.18 Å².